The normalized spacial score (nSPS) is 20.5. The molecule has 0 radical (unpaired) electrons. The Morgan fingerprint density at radius 3 is 2.38 bits per heavy atom. The third kappa shape index (κ3) is 4.02. The predicted molar refractivity (Wildman–Crippen MR) is 123 cm³/mol. The topological polar surface area (TPSA) is 87.2 Å². The van der Waals surface area contributed by atoms with Crippen LogP contribution < -0.4 is 13.9 Å². The van der Waals surface area contributed by atoms with Crippen molar-refractivity contribution >= 4 is 44.8 Å². The van der Waals surface area contributed by atoms with Crippen molar-refractivity contribution in [2.45, 2.75) is 6.92 Å². The zero-order chi connectivity index (χ0) is 23.0. The zero-order valence-corrected chi connectivity index (χ0v) is 19.4. The molecule has 0 spiro atoms. The summed E-state index contributed by atoms with van der Waals surface area (Å²) in [5.41, 5.74) is 1.41. The number of carbonyl (C=O) groups is 2. The number of nitrogens with zero attached hydrogens (tertiary/aromatic N) is 3. The summed E-state index contributed by atoms with van der Waals surface area (Å²) in [6.45, 7) is 3.86. The van der Waals surface area contributed by atoms with E-state index in [9.17, 15) is 18.0 Å². The number of piperazine rings is 1. The average Bonchev–Trinajstić information content (AvgIpc) is 2.99. The molecule has 0 aliphatic carbocycles. The van der Waals surface area contributed by atoms with Crippen molar-refractivity contribution in [3.05, 3.63) is 53.1 Å². The highest BCUT2D eigenvalue weighted by Crippen LogP contribution is 2.32. The Balaban J connectivity index is 1.48. The molecule has 2 aliphatic heterocycles. The first-order chi connectivity index (χ1) is 15.2. The molecule has 0 saturated carbocycles. The molecule has 32 heavy (non-hydrogen) atoms. The van der Waals surface area contributed by atoms with Gasteiger partial charge in [-0.25, -0.2) is 12.7 Å². The van der Waals surface area contributed by atoms with E-state index in [4.69, 9.17) is 16.3 Å². The van der Waals surface area contributed by atoms with Gasteiger partial charge in [-0.05, 0) is 30.3 Å². The fourth-order valence-corrected chi connectivity index (χ4v) is 6.17. The summed E-state index contributed by atoms with van der Waals surface area (Å²) in [4.78, 5) is 29.2. The number of para-hydroxylation sites is 2. The molecule has 10 heteroatoms. The van der Waals surface area contributed by atoms with Crippen molar-refractivity contribution < 1.29 is 22.7 Å². The number of hydrogen-bond acceptors (Lipinski definition) is 6. The van der Waals surface area contributed by atoms with E-state index in [-0.39, 0.29) is 27.9 Å². The Kier molecular flexibility index (Phi) is 6.05. The van der Waals surface area contributed by atoms with Crippen LogP contribution >= 0.6 is 11.6 Å². The number of rotatable bonds is 4. The predicted octanol–water partition coefficient (Wildman–Crippen LogP) is 2.62. The number of carbonyl (C=O) groups excluding carboxylic acids is 2. The molecule has 2 saturated heterocycles. The van der Waals surface area contributed by atoms with Crippen LogP contribution in [0.25, 0.3) is 0 Å². The molecule has 4 rings (SSSR count). The van der Waals surface area contributed by atoms with Crippen LogP contribution in [-0.4, -0.2) is 64.2 Å². The Morgan fingerprint density at radius 2 is 1.78 bits per heavy atom. The minimum Gasteiger partial charge on any atom is -0.495 e. The lowest BCUT2D eigenvalue weighted by Gasteiger charge is -2.36. The highest BCUT2D eigenvalue weighted by Gasteiger charge is 2.42. The van der Waals surface area contributed by atoms with Gasteiger partial charge in [-0.2, -0.15) is 0 Å². The van der Waals surface area contributed by atoms with Crippen molar-refractivity contribution in [1.29, 1.82) is 0 Å². The monoisotopic (exact) mass is 477 g/mol. The number of methoxy groups -OCH3 is 1. The van der Waals surface area contributed by atoms with E-state index >= 15 is 0 Å². The minimum absolute atomic E-state index is 0.113. The molecule has 2 fully saturated rings. The first-order valence-electron chi connectivity index (χ1n) is 10.3. The maximum absolute atomic E-state index is 13.1. The van der Waals surface area contributed by atoms with Crippen LogP contribution in [0.15, 0.2) is 42.5 Å². The van der Waals surface area contributed by atoms with Crippen molar-refractivity contribution in [2.75, 3.05) is 48.2 Å². The van der Waals surface area contributed by atoms with Crippen LogP contribution in [-0.2, 0) is 14.8 Å². The molecule has 2 heterocycles. The number of halogens is 1. The van der Waals surface area contributed by atoms with E-state index in [0.29, 0.717) is 26.2 Å². The summed E-state index contributed by atoms with van der Waals surface area (Å²) in [7, 11) is -2.10. The fraction of sp³-hybridized carbons (Fsp3) is 0.364. The Labute approximate surface area is 192 Å². The van der Waals surface area contributed by atoms with Crippen LogP contribution in [0.2, 0.25) is 5.02 Å². The molecule has 2 amide bonds. The lowest BCUT2D eigenvalue weighted by molar-refractivity contribution is -0.119. The zero-order valence-electron chi connectivity index (χ0n) is 17.8. The molecule has 8 nitrogen and oxygen atoms in total. The van der Waals surface area contributed by atoms with Crippen LogP contribution in [0.3, 0.4) is 0 Å². The fourth-order valence-electron chi connectivity index (χ4n) is 4.10. The van der Waals surface area contributed by atoms with Gasteiger partial charge in [0.1, 0.15) is 5.75 Å². The van der Waals surface area contributed by atoms with Crippen molar-refractivity contribution in [3.63, 3.8) is 0 Å². The van der Waals surface area contributed by atoms with Crippen molar-refractivity contribution in [3.8, 4) is 5.75 Å². The number of sulfonamides is 1. The highest BCUT2D eigenvalue weighted by molar-refractivity contribution is 7.94. The van der Waals surface area contributed by atoms with Gasteiger partial charge in [0.05, 0.1) is 40.7 Å². The maximum atomic E-state index is 13.1. The molecule has 0 unspecified atom stereocenters. The van der Waals surface area contributed by atoms with Gasteiger partial charge >= 0.3 is 0 Å². The van der Waals surface area contributed by atoms with E-state index < -0.39 is 21.8 Å². The molecule has 0 N–H and O–H groups in total. The molecule has 2 aromatic carbocycles. The van der Waals surface area contributed by atoms with Gasteiger partial charge in [0.15, 0.2) is 0 Å². The van der Waals surface area contributed by atoms with Gasteiger partial charge < -0.3 is 14.5 Å². The van der Waals surface area contributed by atoms with Crippen molar-refractivity contribution in [2.24, 2.45) is 5.92 Å². The molecular weight excluding hydrogens is 454 g/mol. The lowest BCUT2D eigenvalue weighted by Crippen LogP contribution is -2.49. The first kappa shape index (κ1) is 22.4. The number of hydrogen-bond donors (Lipinski definition) is 0. The van der Waals surface area contributed by atoms with Gasteiger partial charge in [0.2, 0.25) is 15.9 Å². The number of ether oxygens (including phenoxy) is 1. The smallest absolute Gasteiger partial charge is 0.255 e. The van der Waals surface area contributed by atoms with Crippen LogP contribution in [0.5, 0.6) is 5.75 Å². The Bertz CT molecular complexity index is 1160. The van der Waals surface area contributed by atoms with Gasteiger partial charge in [-0.1, -0.05) is 30.7 Å². The second-order valence-electron chi connectivity index (χ2n) is 7.90. The SMILES string of the molecule is COc1ccccc1N1CCN(C(=O)c2ccc(N3C(=O)[C@@H](C)CS3(=O)=O)cc2Cl)CC1. The van der Waals surface area contributed by atoms with E-state index in [0.717, 1.165) is 15.7 Å². The summed E-state index contributed by atoms with van der Waals surface area (Å²) in [6.07, 6.45) is 0. The molecule has 0 bridgehead atoms. The highest BCUT2D eigenvalue weighted by atomic mass is 35.5. The van der Waals surface area contributed by atoms with Crippen LogP contribution in [0, 0.1) is 5.92 Å². The van der Waals surface area contributed by atoms with E-state index in [2.05, 4.69) is 4.90 Å². The van der Waals surface area contributed by atoms with E-state index in [1.807, 2.05) is 24.3 Å². The second-order valence-corrected chi connectivity index (χ2v) is 10.2. The average molecular weight is 478 g/mol. The summed E-state index contributed by atoms with van der Waals surface area (Å²) in [5.74, 6) is -0.787. The molecular formula is C22H24ClN3O5S. The summed E-state index contributed by atoms with van der Waals surface area (Å²) < 4.78 is 30.9. The van der Waals surface area contributed by atoms with E-state index in [1.165, 1.54) is 18.2 Å². The van der Waals surface area contributed by atoms with Crippen LogP contribution in [0.4, 0.5) is 11.4 Å². The lowest BCUT2D eigenvalue weighted by atomic mass is 10.1. The van der Waals surface area contributed by atoms with Gasteiger partial charge in [-0.3, -0.25) is 9.59 Å². The summed E-state index contributed by atoms with van der Waals surface area (Å²) in [6, 6.07) is 12.1. The Morgan fingerprint density at radius 1 is 1.09 bits per heavy atom. The third-order valence-electron chi connectivity index (χ3n) is 5.77. The summed E-state index contributed by atoms with van der Waals surface area (Å²) >= 11 is 6.36. The number of benzene rings is 2. The molecule has 2 aliphatic rings. The number of amides is 2. The van der Waals surface area contributed by atoms with Crippen molar-refractivity contribution in [1.82, 2.24) is 4.90 Å². The molecule has 0 aromatic heterocycles. The third-order valence-corrected chi connectivity index (χ3v) is 7.95. The second kappa shape index (κ2) is 8.63. The quantitative estimate of drug-likeness (QED) is 0.672. The Hall–Kier alpha value is -2.78. The standard InChI is InChI=1S/C22H24ClN3O5S/c1-15-14-32(29,30)26(21(15)27)16-7-8-17(18(23)13-16)22(28)25-11-9-24(10-12-25)19-5-3-4-6-20(19)31-2/h3-8,13,15H,9-12,14H2,1-2H3/t15-/m0/s1. The van der Waals surface area contributed by atoms with Crippen LogP contribution in [0.1, 0.15) is 17.3 Å². The molecule has 2 aromatic rings. The van der Waals surface area contributed by atoms with Gasteiger partial charge in [-0.15, -0.1) is 0 Å². The number of anilines is 2. The first-order valence-corrected chi connectivity index (χ1v) is 12.3. The minimum atomic E-state index is -3.73. The molecule has 170 valence electrons. The van der Waals surface area contributed by atoms with Gasteiger partial charge in [0, 0.05) is 26.2 Å². The largest absolute Gasteiger partial charge is 0.495 e. The maximum Gasteiger partial charge on any atom is 0.255 e. The van der Waals surface area contributed by atoms with Gasteiger partial charge in [0.25, 0.3) is 5.91 Å². The molecule has 1 atom stereocenters. The summed E-state index contributed by atoms with van der Waals surface area (Å²) in [5, 5.41) is 0.113. The van der Waals surface area contributed by atoms with E-state index in [1.54, 1.807) is 18.9 Å².